The molecule has 3 aromatic rings. The van der Waals surface area contributed by atoms with E-state index in [0.29, 0.717) is 17.8 Å². The monoisotopic (exact) mass is 400 g/mol. The van der Waals surface area contributed by atoms with Gasteiger partial charge in [0.1, 0.15) is 11.6 Å². The molecule has 0 unspecified atom stereocenters. The van der Waals surface area contributed by atoms with Gasteiger partial charge in [0.15, 0.2) is 0 Å². The summed E-state index contributed by atoms with van der Waals surface area (Å²) in [5, 5.41) is 2.43. The van der Waals surface area contributed by atoms with E-state index >= 15 is 0 Å². The molecule has 8 heteroatoms. The van der Waals surface area contributed by atoms with E-state index in [2.05, 4.69) is 10.3 Å². The zero-order chi connectivity index (χ0) is 20.1. The third-order valence-electron chi connectivity index (χ3n) is 3.86. The van der Waals surface area contributed by atoms with E-state index in [1.54, 1.807) is 0 Å². The highest BCUT2D eigenvalue weighted by Crippen LogP contribution is 2.22. The summed E-state index contributed by atoms with van der Waals surface area (Å²) < 4.78 is 51.8. The molecule has 0 fully saturated rings. The Balaban J connectivity index is 1.81. The molecule has 0 aliphatic carbocycles. The summed E-state index contributed by atoms with van der Waals surface area (Å²) in [6, 6.07) is 11.8. The third kappa shape index (κ3) is 4.29. The Labute approximate surface area is 160 Å². The Kier molecular flexibility index (Phi) is 5.60. The van der Waals surface area contributed by atoms with Crippen LogP contribution in [0.3, 0.4) is 0 Å². The van der Waals surface area contributed by atoms with Crippen molar-refractivity contribution in [3.8, 4) is 0 Å². The molecule has 1 heterocycles. The Morgan fingerprint density at radius 2 is 1.61 bits per heavy atom. The summed E-state index contributed by atoms with van der Waals surface area (Å²) in [5.41, 5.74) is 1.07. The van der Waals surface area contributed by atoms with Crippen LogP contribution in [0.4, 0.5) is 14.5 Å². The molecule has 1 aromatic heterocycles. The van der Waals surface area contributed by atoms with Crippen molar-refractivity contribution in [2.45, 2.75) is 9.79 Å². The lowest BCUT2D eigenvalue weighted by Gasteiger charge is -2.06. The topological polar surface area (TPSA) is 76.1 Å². The average Bonchev–Trinajstić information content (AvgIpc) is 2.68. The van der Waals surface area contributed by atoms with Crippen LogP contribution in [0.1, 0.15) is 11.3 Å². The molecule has 0 saturated carbocycles. The van der Waals surface area contributed by atoms with Gasteiger partial charge < -0.3 is 5.32 Å². The lowest BCUT2D eigenvalue weighted by Crippen LogP contribution is -2.03. The molecule has 0 spiro atoms. The molecule has 142 valence electrons. The number of rotatable bonds is 6. The maximum absolute atomic E-state index is 13.6. The van der Waals surface area contributed by atoms with E-state index in [0.717, 1.165) is 12.1 Å². The SMILES string of the molecule is O=CNc1ccc(S(=O)(=O)c2ccc(C=Cc3ccc(F)cc3F)nc2)cc1. The van der Waals surface area contributed by atoms with E-state index in [4.69, 9.17) is 0 Å². The van der Waals surface area contributed by atoms with Crippen molar-refractivity contribution in [3.63, 3.8) is 0 Å². The van der Waals surface area contributed by atoms with Gasteiger partial charge in [-0.05, 0) is 60.7 Å². The number of carbonyl (C=O) groups excluding carboxylic acids is 1. The normalized spacial score (nSPS) is 11.5. The predicted molar refractivity (Wildman–Crippen MR) is 101 cm³/mol. The fourth-order valence-corrected chi connectivity index (χ4v) is 3.60. The minimum absolute atomic E-state index is 0.00582. The van der Waals surface area contributed by atoms with E-state index in [1.807, 2.05) is 0 Å². The molecule has 0 aliphatic heterocycles. The van der Waals surface area contributed by atoms with Crippen LogP contribution in [0.25, 0.3) is 12.2 Å². The zero-order valence-electron chi connectivity index (χ0n) is 14.3. The van der Waals surface area contributed by atoms with Crippen LogP contribution in [0.5, 0.6) is 0 Å². The van der Waals surface area contributed by atoms with Gasteiger partial charge in [0, 0.05) is 23.5 Å². The molecule has 1 amide bonds. The molecule has 28 heavy (non-hydrogen) atoms. The number of halogens is 2. The largest absolute Gasteiger partial charge is 0.329 e. The molecule has 3 rings (SSSR count). The number of nitrogens with one attached hydrogen (secondary N) is 1. The summed E-state index contributed by atoms with van der Waals surface area (Å²) in [7, 11) is -3.77. The van der Waals surface area contributed by atoms with Crippen LogP contribution in [-0.2, 0) is 14.6 Å². The standard InChI is InChI=1S/C20H14F2N2O3S/c21-15-3-1-14(20(22)11-15)2-4-16-7-10-19(12-23-16)28(26,27)18-8-5-17(6-9-18)24-13-25/h1-13H,(H,24,25). The fourth-order valence-electron chi connectivity index (χ4n) is 2.40. The van der Waals surface area contributed by atoms with Crippen molar-refractivity contribution in [3.05, 3.63) is 83.7 Å². The summed E-state index contributed by atoms with van der Waals surface area (Å²) in [6.45, 7) is 0. The minimum atomic E-state index is -3.77. The highest BCUT2D eigenvalue weighted by Gasteiger charge is 2.17. The third-order valence-corrected chi connectivity index (χ3v) is 5.61. The number of pyridine rings is 1. The first-order valence-electron chi connectivity index (χ1n) is 8.05. The first kappa shape index (κ1) is 19.4. The first-order valence-corrected chi connectivity index (χ1v) is 9.53. The number of aromatic nitrogens is 1. The Morgan fingerprint density at radius 3 is 2.21 bits per heavy atom. The summed E-state index contributed by atoms with van der Waals surface area (Å²) in [5.74, 6) is -1.37. The van der Waals surface area contributed by atoms with E-state index in [9.17, 15) is 22.0 Å². The van der Waals surface area contributed by atoms with Crippen LogP contribution >= 0.6 is 0 Å². The van der Waals surface area contributed by atoms with Crippen LogP contribution in [0, 0.1) is 11.6 Å². The van der Waals surface area contributed by atoms with Gasteiger partial charge in [0.25, 0.3) is 0 Å². The molecule has 0 radical (unpaired) electrons. The highest BCUT2D eigenvalue weighted by molar-refractivity contribution is 7.91. The molecular formula is C20H14F2N2O3S. The second-order valence-corrected chi connectivity index (χ2v) is 7.66. The Bertz CT molecular complexity index is 1130. The number of hydrogen-bond acceptors (Lipinski definition) is 4. The van der Waals surface area contributed by atoms with E-state index < -0.39 is 21.5 Å². The van der Waals surface area contributed by atoms with Gasteiger partial charge in [-0.1, -0.05) is 0 Å². The summed E-state index contributed by atoms with van der Waals surface area (Å²) in [6.07, 6.45) is 4.61. The second-order valence-electron chi connectivity index (χ2n) is 5.71. The first-order chi connectivity index (χ1) is 13.4. The van der Waals surface area contributed by atoms with Gasteiger partial charge >= 0.3 is 0 Å². The molecular weight excluding hydrogens is 386 g/mol. The molecule has 1 N–H and O–H groups in total. The molecule has 0 bridgehead atoms. The van der Waals surface area contributed by atoms with Gasteiger partial charge in [-0.25, -0.2) is 17.2 Å². The average molecular weight is 400 g/mol. The number of anilines is 1. The maximum atomic E-state index is 13.6. The molecule has 5 nitrogen and oxygen atoms in total. The minimum Gasteiger partial charge on any atom is -0.329 e. The second kappa shape index (κ2) is 8.10. The van der Waals surface area contributed by atoms with Crippen molar-refractivity contribution in [2.24, 2.45) is 0 Å². The van der Waals surface area contributed by atoms with Gasteiger partial charge in [-0.3, -0.25) is 9.78 Å². The van der Waals surface area contributed by atoms with Crippen molar-refractivity contribution in [1.82, 2.24) is 4.98 Å². The van der Waals surface area contributed by atoms with Gasteiger partial charge in [-0.15, -0.1) is 0 Å². The van der Waals surface area contributed by atoms with E-state index in [1.165, 1.54) is 60.8 Å². The van der Waals surface area contributed by atoms with Gasteiger partial charge in [-0.2, -0.15) is 0 Å². The summed E-state index contributed by atoms with van der Waals surface area (Å²) in [4.78, 5) is 14.5. The number of nitrogens with zero attached hydrogens (tertiary/aromatic N) is 1. The number of sulfone groups is 1. The number of hydrogen-bond donors (Lipinski definition) is 1. The molecule has 0 saturated heterocycles. The van der Waals surface area contributed by atoms with Crippen molar-refractivity contribution < 1.29 is 22.0 Å². The van der Waals surface area contributed by atoms with Crippen LogP contribution < -0.4 is 5.32 Å². The number of amides is 1. The van der Waals surface area contributed by atoms with Crippen LogP contribution in [0.15, 0.2) is 70.6 Å². The van der Waals surface area contributed by atoms with Gasteiger partial charge in [0.05, 0.1) is 15.5 Å². The number of carbonyl (C=O) groups is 1. The lowest BCUT2D eigenvalue weighted by molar-refractivity contribution is -0.105. The fraction of sp³-hybridized carbons (Fsp3) is 0. The van der Waals surface area contributed by atoms with Crippen LogP contribution in [-0.4, -0.2) is 19.8 Å². The van der Waals surface area contributed by atoms with Gasteiger partial charge in [0.2, 0.25) is 16.2 Å². The smallest absolute Gasteiger partial charge is 0.211 e. The highest BCUT2D eigenvalue weighted by atomic mass is 32.2. The predicted octanol–water partition coefficient (Wildman–Crippen LogP) is 3.93. The maximum Gasteiger partial charge on any atom is 0.211 e. The van der Waals surface area contributed by atoms with Crippen molar-refractivity contribution in [2.75, 3.05) is 5.32 Å². The van der Waals surface area contributed by atoms with Crippen LogP contribution in [0.2, 0.25) is 0 Å². The molecule has 0 aliphatic rings. The molecule has 0 atom stereocenters. The quantitative estimate of drug-likeness (QED) is 0.636. The number of benzene rings is 2. The molecule has 2 aromatic carbocycles. The zero-order valence-corrected chi connectivity index (χ0v) is 15.2. The van der Waals surface area contributed by atoms with Crippen molar-refractivity contribution >= 4 is 34.1 Å². The lowest BCUT2D eigenvalue weighted by atomic mass is 10.2. The summed E-state index contributed by atoms with van der Waals surface area (Å²) >= 11 is 0. The van der Waals surface area contributed by atoms with Crippen molar-refractivity contribution in [1.29, 1.82) is 0 Å². The van der Waals surface area contributed by atoms with E-state index in [-0.39, 0.29) is 15.4 Å². The Morgan fingerprint density at radius 1 is 0.893 bits per heavy atom. The Hall–Kier alpha value is -3.39.